The molecule has 0 fully saturated rings. The van der Waals surface area contributed by atoms with Crippen molar-refractivity contribution in [2.45, 2.75) is 20.8 Å². The molecule has 1 unspecified atom stereocenters. The highest BCUT2D eigenvalue weighted by Crippen LogP contribution is 2.22. The van der Waals surface area contributed by atoms with Crippen LogP contribution in [0, 0.1) is 18.8 Å². The summed E-state index contributed by atoms with van der Waals surface area (Å²) in [4.78, 5) is 12.4. The number of anilines is 1. The molecule has 1 rings (SSSR count). The van der Waals surface area contributed by atoms with Gasteiger partial charge in [-0.25, -0.2) is 0 Å². The zero-order valence-electron chi connectivity index (χ0n) is 10.7. The van der Waals surface area contributed by atoms with Crippen LogP contribution in [0.25, 0.3) is 0 Å². The fraction of sp³-hybridized carbons (Fsp3) is 0.385. The Morgan fingerprint density at radius 3 is 2.50 bits per heavy atom. The van der Waals surface area contributed by atoms with Gasteiger partial charge in [0.25, 0.3) is 0 Å². The van der Waals surface area contributed by atoms with E-state index in [4.69, 9.17) is 18.0 Å². The molecule has 3 N–H and O–H groups in total. The molecule has 5 heteroatoms. The first kappa shape index (κ1) is 15.1. The zero-order chi connectivity index (χ0) is 13.9. The number of thiocarbonyl (C=S) groups is 1. The molecular formula is C13H17BrN2OS. The van der Waals surface area contributed by atoms with Gasteiger partial charge in [0.2, 0.25) is 5.91 Å². The van der Waals surface area contributed by atoms with E-state index in [1.54, 1.807) is 0 Å². The molecule has 0 saturated heterocycles. The Labute approximate surface area is 121 Å². The van der Waals surface area contributed by atoms with Crippen molar-refractivity contribution in [2.75, 3.05) is 5.32 Å². The fourth-order valence-electron chi connectivity index (χ4n) is 1.74. The van der Waals surface area contributed by atoms with Crippen LogP contribution in [0.2, 0.25) is 0 Å². The molecule has 0 radical (unpaired) electrons. The number of hydrogen-bond donors (Lipinski definition) is 2. The predicted molar refractivity (Wildman–Crippen MR) is 82.6 cm³/mol. The first-order valence-electron chi connectivity index (χ1n) is 5.69. The highest BCUT2D eigenvalue weighted by Gasteiger charge is 2.25. The van der Waals surface area contributed by atoms with E-state index in [-0.39, 0.29) is 16.8 Å². The minimum absolute atomic E-state index is 0.0817. The van der Waals surface area contributed by atoms with Gasteiger partial charge in [0, 0.05) is 10.2 Å². The number of carbonyl (C=O) groups is 1. The molecule has 1 aromatic rings. The molecule has 18 heavy (non-hydrogen) atoms. The van der Waals surface area contributed by atoms with Crippen LogP contribution in [0.3, 0.4) is 0 Å². The summed E-state index contributed by atoms with van der Waals surface area (Å²) in [5.74, 6) is -0.510. The molecule has 3 nitrogen and oxygen atoms in total. The summed E-state index contributed by atoms with van der Waals surface area (Å²) in [5.41, 5.74) is 7.39. The Bertz CT molecular complexity index is 474. The molecule has 1 amide bonds. The molecule has 0 spiro atoms. The Morgan fingerprint density at radius 1 is 1.44 bits per heavy atom. The normalized spacial score (nSPS) is 12.3. The average Bonchev–Trinajstić information content (AvgIpc) is 2.21. The monoisotopic (exact) mass is 328 g/mol. The van der Waals surface area contributed by atoms with E-state index < -0.39 is 5.92 Å². The van der Waals surface area contributed by atoms with Gasteiger partial charge in [0.15, 0.2) is 0 Å². The number of hydrogen-bond acceptors (Lipinski definition) is 2. The van der Waals surface area contributed by atoms with E-state index in [9.17, 15) is 4.79 Å². The van der Waals surface area contributed by atoms with E-state index in [0.717, 1.165) is 15.7 Å². The van der Waals surface area contributed by atoms with Crippen LogP contribution in [0.1, 0.15) is 19.4 Å². The molecule has 1 aromatic carbocycles. The van der Waals surface area contributed by atoms with Crippen molar-refractivity contribution >= 4 is 44.7 Å². The highest BCUT2D eigenvalue weighted by atomic mass is 79.9. The van der Waals surface area contributed by atoms with Gasteiger partial charge in [-0.3, -0.25) is 4.79 Å². The van der Waals surface area contributed by atoms with Gasteiger partial charge in [-0.2, -0.15) is 0 Å². The molecule has 0 aliphatic carbocycles. The molecule has 0 aromatic heterocycles. The SMILES string of the molecule is Cc1cc(Br)ccc1NC(=O)C(C(N)=S)C(C)C. The topological polar surface area (TPSA) is 55.1 Å². The average molecular weight is 329 g/mol. The third-order valence-electron chi connectivity index (χ3n) is 2.70. The molecule has 1 atom stereocenters. The highest BCUT2D eigenvalue weighted by molar-refractivity contribution is 9.10. The third kappa shape index (κ3) is 3.78. The number of halogens is 1. The summed E-state index contributed by atoms with van der Waals surface area (Å²) >= 11 is 8.33. The van der Waals surface area contributed by atoms with E-state index >= 15 is 0 Å². The van der Waals surface area contributed by atoms with Crippen molar-refractivity contribution in [3.8, 4) is 0 Å². The van der Waals surface area contributed by atoms with Gasteiger partial charge in [0.1, 0.15) is 0 Å². The molecule has 0 heterocycles. The van der Waals surface area contributed by atoms with Crippen molar-refractivity contribution in [1.82, 2.24) is 0 Å². The lowest BCUT2D eigenvalue weighted by molar-refractivity contribution is -0.118. The summed E-state index contributed by atoms with van der Waals surface area (Å²) in [7, 11) is 0. The number of rotatable bonds is 4. The zero-order valence-corrected chi connectivity index (χ0v) is 13.1. The summed E-state index contributed by atoms with van der Waals surface area (Å²) < 4.78 is 0.979. The van der Waals surface area contributed by atoms with Crippen molar-refractivity contribution in [3.05, 3.63) is 28.2 Å². The number of aryl methyl sites for hydroxylation is 1. The minimum Gasteiger partial charge on any atom is -0.393 e. The first-order valence-corrected chi connectivity index (χ1v) is 6.89. The molecule has 0 aliphatic rings. The van der Waals surface area contributed by atoms with Crippen LogP contribution in [0.15, 0.2) is 22.7 Å². The van der Waals surface area contributed by atoms with Crippen molar-refractivity contribution in [2.24, 2.45) is 17.6 Å². The maximum absolute atomic E-state index is 12.1. The first-order chi connectivity index (χ1) is 8.32. The number of amides is 1. The smallest absolute Gasteiger partial charge is 0.234 e. The second kappa shape index (κ2) is 6.29. The Kier molecular flexibility index (Phi) is 5.28. The number of nitrogens with two attached hydrogens (primary N) is 1. The molecular weight excluding hydrogens is 312 g/mol. The van der Waals surface area contributed by atoms with Gasteiger partial charge in [0.05, 0.1) is 10.9 Å². The summed E-state index contributed by atoms with van der Waals surface area (Å²) in [6, 6.07) is 5.68. The van der Waals surface area contributed by atoms with E-state index in [0.29, 0.717) is 0 Å². The van der Waals surface area contributed by atoms with Gasteiger partial charge < -0.3 is 11.1 Å². The van der Waals surface area contributed by atoms with Gasteiger partial charge in [-0.05, 0) is 36.6 Å². The van der Waals surface area contributed by atoms with Gasteiger partial charge in [-0.1, -0.05) is 42.0 Å². The van der Waals surface area contributed by atoms with E-state index in [1.165, 1.54) is 0 Å². The molecule has 0 saturated carbocycles. The fourth-order valence-corrected chi connectivity index (χ4v) is 2.59. The van der Waals surface area contributed by atoms with Crippen LogP contribution in [-0.2, 0) is 4.79 Å². The van der Waals surface area contributed by atoms with Crippen LogP contribution in [0.5, 0.6) is 0 Å². The Balaban J connectivity index is 2.89. The third-order valence-corrected chi connectivity index (χ3v) is 3.45. The maximum atomic E-state index is 12.1. The molecule has 98 valence electrons. The van der Waals surface area contributed by atoms with E-state index in [1.807, 2.05) is 39.0 Å². The number of nitrogens with one attached hydrogen (secondary N) is 1. The number of carbonyl (C=O) groups excluding carboxylic acids is 1. The lowest BCUT2D eigenvalue weighted by atomic mass is 9.95. The molecule has 0 bridgehead atoms. The maximum Gasteiger partial charge on any atom is 0.234 e. The van der Waals surface area contributed by atoms with Crippen LogP contribution >= 0.6 is 28.1 Å². The summed E-state index contributed by atoms with van der Waals surface area (Å²) in [6.07, 6.45) is 0. The Hall–Kier alpha value is -0.940. The van der Waals surface area contributed by atoms with Crippen molar-refractivity contribution < 1.29 is 4.79 Å². The largest absolute Gasteiger partial charge is 0.393 e. The van der Waals surface area contributed by atoms with Crippen LogP contribution in [-0.4, -0.2) is 10.9 Å². The molecule has 0 aliphatic heterocycles. The van der Waals surface area contributed by atoms with Crippen LogP contribution in [0.4, 0.5) is 5.69 Å². The minimum atomic E-state index is -0.442. The van der Waals surface area contributed by atoms with E-state index in [2.05, 4.69) is 21.2 Å². The lowest BCUT2D eigenvalue weighted by Gasteiger charge is -2.19. The summed E-state index contributed by atoms with van der Waals surface area (Å²) in [6.45, 7) is 5.79. The Morgan fingerprint density at radius 2 is 2.06 bits per heavy atom. The second-order valence-corrected chi connectivity index (χ2v) is 5.96. The second-order valence-electron chi connectivity index (χ2n) is 4.57. The van der Waals surface area contributed by atoms with Gasteiger partial charge in [-0.15, -0.1) is 0 Å². The van der Waals surface area contributed by atoms with Crippen molar-refractivity contribution in [1.29, 1.82) is 0 Å². The summed E-state index contributed by atoms with van der Waals surface area (Å²) in [5, 5.41) is 2.87. The lowest BCUT2D eigenvalue weighted by Crippen LogP contribution is -2.36. The standard InChI is InChI=1S/C13H17BrN2OS/c1-7(2)11(12(15)18)13(17)16-10-5-4-9(14)6-8(10)3/h4-7,11H,1-3H3,(H2,15,18)(H,16,17). The number of benzene rings is 1. The van der Waals surface area contributed by atoms with Crippen molar-refractivity contribution in [3.63, 3.8) is 0 Å². The van der Waals surface area contributed by atoms with Crippen LogP contribution < -0.4 is 11.1 Å². The predicted octanol–water partition coefficient (Wildman–Crippen LogP) is 3.25. The quantitative estimate of drug-likeness (QED) is 0.834. The van der Waals surface area contributed by atoms with Gasteiger partial charge >= 0.3 is 0 Å².